The molecule has 0 aromatic carbocycles. The number of hydrogen-bond donors (Lipinski definition) is 2. The van der Waals surface area contributed by atoms with Gasteiger partial charge in [0.15, 0.2) is 10.8 Å². The maximum atomic E-state index is 5.72. The monoisotopic (exact) mass is 194 g/mol. The number of imidazole rings is 1. The van der Waals surface area contributed by atoms with Crippen LogP contribution in [-0.4, -0.2) is 15.0 Å². The van der Waals surface area contributed by atoms with Crippen molar-refractivity contribution < 1.29 is 0 Å². The standard InChI is InChI=1S/C8H10N4S/c1-5(9)6-4-12-8(13-6)7-10-2-3-11-7/h2-5H,9H2,1H3,(H,10,11). The molecule has 1 atom stereocenters. The van der Waals surface area contributed by atoms with E-state index in [1.54, 1.807) is 29.9 Å². The molecule has 4 nitrogen and oxygen atoms in total. The van der Waals surface area contributed by atoms with E-state index in [9.17, 15) is 0 Å². The van der Waals surface area contributed by atoms with Gasteiger partial charge in [0.05, 0.1) is 0 Å². The normalized spacial score (nSPS) is 13.1. The second kappa shape index (κ2) is 3.27. The molecule has 2 rings (SSSR count). The topological polar surface area (TPSA) is 67.6 Å². The number of hydrogen-bond acceptors (Lipinski definition) is 4. The molecular formula is C8H10N4S. The summed E-state index contributed by atoms with van der Waals surface area (Å²) >= 11 is 1.57. The number of aromatic nitrogens is 3. The van der Waals surface area contributed by atoms with Crippen LogP contribution in [0.4, 0.5) is 0 Å². The predicted octanol–water partition coefficient (Wildman–Crippen LogP) is 1.55. The second-order valence-corrected chi connectivity index (χ2v) is 3.86. The van der Waals surface area contributed by atoms with Crippen LogP contribution < -0.4 is 5.73 Å². The van der Waals surface area contributed by atoms with Gasteiger partial charge in [-0.1, -0.05) is 0 Å². The Labute approximate surface area is 79.8 Å². The quantitative estimate of drug-likeness (QED) is 0.762. The van der Waals surface area contributed by atoms with Crippen molar-refractivity contribution in [2.24, 2.45) is 5.73 Å². The molecule has 2 aromatic rings. The van der Waals surface area contributed by atoms with Gasteiger partial charge in [0.1, 0.15) is 0 Å². The van der Waals surface area contributed by atoms with Crippen molar-refractivity contribution in [1.29, 1.82) is 0 Å². The molecule has 0 saturated heterocycles. The molecule has 0 aliphatic rings. The van der Waals surface area contributed by atoms with E-state index in [2.05, 4.69) is 15.0 Å². The number of nitrogens with one attached hydrogen (secondary N) is 1. The molecule has 0 saturated carbocycles. The molecule has 0 spiro atoms. The zero-order chi connectivity index (χ0) is 9.26. The molecule has 5 heteroatoms. The molecule has 0 bridgehead atoms. The van der Waals surface area contributed by atoms with E-state index < -0.39 is 0 Å². The smallest absolute Gasteiger partial charge is 0.166 e. The lowest BCUT2D eigenvalue weighted by atomic mass is 10.3. The van der Waals surface area contributed by atoms with Crippen LogP contribution in [0.25, 0.3) is 10.8 Å². The summed E-state index contributed by atoms with van der Waals surface area (Å²) in [4.78, 5) is 12.4. The van der Waals surface area contributed by atoms with Crippen LogP contribution >= 0.6 is 11.3 Å². The van der Waals surface area contributed by atoms with Gasteiger partial charge in [0.25, 0.3) is 0 Å². The highest BCUT2D eigenvalue weighted by atomic mass is 32.1. The first kappa shape index (κ1) is 8.40. The van der Waals surface area contributed by atoms with Gasteiger partial charge in [-0.15, -0.1) is 11.3 Å². The van der Waals surface area contributed by atoms with E-state index in [1.807, 2.05) is 6.92 Å². The van der Waals surface area contributed by atoms with Crippen LogP contribution in [-0.2, 0) is 0 Å². The van der Waals surface area contributed by atoms with E-state index in [4.69, 9.17) is 5.73 Å². The van der Waals surface area contributed by atoms with Crippen molar-refractivity contribution in [3.8, 4) is 10.8 Å². The first-order valence-electron chi connectivity index (χ1n) is 3.98. The summed E-state index contributed by atoms with van der Waals surface area (Å²) in [6.45, 7) is 1.94. The molecule has 3 N–H and O–H groups in total. The van der Waals surface area contributed by atoms with Gasteiger partial charge >= 0.3 is 0 Å². The van der Waals surface area contributed by atoms with E-state index in [1.165, 1.54) is 0 Å². The molecule has 0 amide bonds. The third-order valence-corrected chi connectivity index (χ3v) is 2.88. The molecule has 2 heterocycles. The minimum absolute atomic E-state index is 0.0428. The van der Waals surface area contributed by atoms with Gasteiger partial charge in [-0.25, -0.2) is 9.97 Å². The fourth-order valence-electron chi connectivity index (χ4n) is 0.989. The molecule has 13 heavy (non-hydrogen) atoms. The molecule has 0 aliphatic carbocycles. The Bertz CT molecular complexity index is 377. The highest BCUT2D eigenvalue weighted by Gasteiger charge is 2.08. The Hall–Kier alpha value is -1.20. The number of thiazole rings is 1. The maximum Gasteiger partial charge on any atom is 0.166 e. The SMILES string of the molecule is CC(N)c1cnc(-c2ncc[nH]2)s1. The molecular weight excluding hydrogens is 184 g/mol. The van der Waals surface area contributed by atoms with Crippen LogP contribution in [0.2, 0.25) is 0 Å². The van der Waals surface area contributed by atoms with Crippen molar-refractivity contribution in [3.05, 3.63) is 23.5 Å². The number of H-pyrrole nitrogens is 1. The van der Waals surface area contributed by atoms with E-state index >= 15 is 0 Å². The van der Waals surface area contributed by atoms with Gasteiger partial charge in [-0.2, -0.15) is 0 Å². The second-order valence-electron chi connectivity index (χ2n) is 2.79. The highest BCUT2D eigenvalue weighted by molar-refractivity contribution is 7.15. The summed E-state index contributed by atoms with van der Waals surface area (Å²) in [6, 6.07) is 0.0428. The Balaban J connectivity index is 2.33. The van der Waals surface area contributed by atoms with Crippen LogP contribution in [0.5, 0.6) is 0 Å². The molecule has 0 radical (unpaired) electrons. The number of nitrogens with zero attached hydrogens (tertiary/aromatic N) is 2. The van der Waals surface area contributed by atoms with E-state index in [0.29, 0.717) is 0 Å². The molecule has 1 unspecified atom stereocenters. The van der Waals surface area contributed by atoms with Gasteiger partial charge < -0.3 is 10.7 Å². The lowest BCUT2D eigenvalue weighted by Gasteiger charge is -1.96. The predicted molar refractivity (Wildman–Crippen MR) is 52.3 cm³/mol. The van der Waals surface area contributed by atoms with Crippen LogP contribution in [0, 0.1) is 0 Å². The average Bonchev–Trinajstić information content (AvgIpc) is 2.75. The van der Waals surface area contributed by atoms with Crippen LogP contribution in [0.15, 0.2) is 18.6 Å². The summed E-state index contributed by atoms with van der Waals surface area (Å²) in [5.74, 6) is 0.803. The Kier molecular flexibility index (Phi) is 2.12. The van der Waals surface area contributed by atoms with Gasteiger partial charge in [-0.05, 0) is 6.92 Å². The van der Waals surface area contributed by atoms with Crippen molar-refractivity contribution in [3.63, 3.8) is 0 Å². The summed E-state index contributed by atoms with van der Waals surface area (Å²) in [5, 5.41) is 0.886. The summed E-state index contributed by atoms with van der Waals surface area (Å²) in [6.07, 6.45) is 5.29. The molecule has 68 valence electrons. The van der Waals surface area contributed by atoms with Crippen molar-refractivity contribution in [2.45, 2.75) is 13.0 Å². The van der Waals surface area contributed by atoms with E-state index in [-0.39, 0.29) is 6.04 Å². The molecule has 2 aromatic heterocycles. The van der Waals surface area contributed by atoms with Gasteiger partial charge in [0, 0.05) is 29.5 Å². The zero-order valence-electron chi connectivity index (χ0n) is 7.19. The third-order valence-electron chi connectivity index (χ3n) is 1.67. The highest BCUT2D eigenvalue weighted by Crippen LogP contribution is 2.24. The number of aromatic amines is 1. The third kappa shape index (κ3) is 1.61. The number of nitrogens with two attached hydrogens (primary N) is 1. The Morgan fingerprint density at radius 2 is 2.38 bits per heavy atom. The lowest BCUT2D eigenvalue weighted by molar-refractivity contribution is 0.835. The fraction of sp³-hybridized carbons (Fsp3) is 0.250. The Morgan fingerprint density at radius 3 is 2.92 bits per heavy atom. The van der Waals surface area contributed by atoms with Crippen molar-refractivity contribution in [2.75, 3.05) is 0 Å². The Morgan fingerprint density at radius 1 is 1.54 bits per heavy atom. The lowest BCUT2D eigenvalue weighted by Crippen LogP contribution is -2.01. The minimum Gasteiger partial charge on any atom is -0.343 e. The van der Waals surface area contributed by atoms with Crippen molar-refractivity contribution in [1.82, 2.24) is 15.0 Å². The summed E-state index contributed by atoms with van der Waals surface area (Å²) < 4.78 is 0. The largest absolute Gasteiger partial charge is 0.343 e. The van der Waals surface area contributed by atoms with Crippen molar-refractivity contribution >= 4 is 11.3 Å². The molecule has 0 aliphatic heterocycles. The maximum absolute atomic E-state index is 5.72. The average molecular weight is 194 g/mol. The summed E-state index contributed by atoms with van der Waals surface area (Å²) in [7, 11) is 0. The number of rotatable bonds is 2. The van der Waals surface area contributed by atoms with Crippen LogP contribution in [0.1, 0.15) is 17.8 Å². The first-order chi connectivity index (χ1) is 6.27. The fourth-order valence-corrected chi connectivity index (χ4v) is 1.82. The molecule has 0 fully saturated rings. The van der Waals surface area contributed by atoms with Gasteiger partial charge in [-0.3, -0.25) is 0 Å². The van der Waals surface area contributed by atoms with Crippen LogP contribution in [0.3, 0.4) is 0 Å². The zero-order valence-corrected chi connectivity index (χ0v) is 8.01. The van der Waals surface area contributed by atoms with E-state index in [0.717, 1.165) is 15.7 Å². The summed E-state index contributed by atoms with van der Waals surface area (Å²) in [5.41, 5.74) is 5.72. The minimum atomic E-state index is 0.0428. The van der Waals surface area contributed by atoms with Gasteiger partial charge in [0.2, 0.25) is 0 Å². The first-order valence-corrected chi connectivity index (χ1v) is 4.80.